The number of alkyl halides is 1. The summed E-state index contributed by atoms with van der Waals surface area (Å²) in [6.07, 6.45) is 5.05. The second-order valence-corrected chi connectivity index (χ2v) is 6.00. The molecule has 2 rings (SSSR count). The Kier molecular flexibility index (Phi) is 4.21. The van der Waals surface area contributed by atoms with Crippen LogP contribution in [0.2, 0.25) is 0 Å². The van der Waals surface area contributed by atoms with E-state index >= 15 is 0 Å². The Morgan fingerprint density at radius 3 is 2.44 bits per heavy atom. The Hall–Kier alpha value is -0.690. The molecule has 2 heteroatoms. The molecule has 0 saturated heterocycles. The molecule has 1 saturated carbocycles. The van der Waals surface area contributed by atoms with E-state index < -0.39 is 0 Å². The number of rotatable bonds is 4. The number of benzene rings is 1. The van der Waals surface area contributed by atoms with E-state index in [0.717, 1.165) is 11.6 Å². The molecule has 18 heavy (non-hydrogen) atoms. The molecule has 1 aromatic rings. The van der Waals surface area contributed by atoms with Crippen molar-refractivity contribution in [1.29, 1.82) is 0 Å². The average molecular weight is 267 g/mol. The van der Waals surface area contributed by atoms with Crippen LogP contribution in [0.15, 0.2) is 18.2 Å². The van der Waals surface area contributed by atoms with Gasteiger partial charge in [0.2, 0.25) is 0 Å². The number of hydrogen-bond donors (Lipinski definition) is 0. The molecule has 0 amide bonds. The van der Waals surface area contributed by atoms with Crippen molar-refractivity contribution in [2.45, 2.75) is 50.9 Å². The summed E-state index contributed by atoms with van der Waals surface area (Å²) in [7, 11) is 1.74. The highest BCUT2D eigenvalue weighted by Crippen LogP contribution is 2.43. The second-order valence-electron chi connectivity index (χ2n) is 5.73. The molecule has 0 spiro atoms. The van der Waals surface area contributed by atoms with E-state index in [4.69, 9.17) is 16.3 Å². The summed E-state index contributed by atoms with van der Waals surface area (Å²) < 4.78 is 5.46. The van der Waals surface area contributed by atoms with Gasteiger partial charge >= 0.3 is 0 Å². The van der Waals surface area contributed by atoms with Crippen LogP contribution in [0, 0.1) is 0 Å². The van der Waals surface area contributed by atoms with Gasteiger partial charge < -0.3 is 4.74 Å². The van der Waals surface area contributed by atoms with E-state index in [1.165, 1.54) is 36.8 Å². The molecule has 0 radical (unpaired) electrons. The zero-order valence-corrected chi connectivity index (χ0v) is 12.4. The standard InChI is InChI=1S/C16H23ClO/c1-12(2)14-10-13(6-7-15(14)18-3)16(11-17)8-4-5-9-16/h6-7,10,12H,4-5,8-9,11H2,1-3H3. The number of hydrogen-bond acceptors (Lipinski definition) is 1. The molecule has 0 bridgehead atoms. The van der Waals surface area contributed by atoms with Crippen LogP contribution in [0.5, 0.6) is 5.75 Å². The monoisotopic (exact) mass is 266 g/mol. The lowest BCUT2D eigenvalue weighted by molar-refractivity contribution is 0.406. The van der Waals surface area contributed by atoms with E-state index in [9.17, 15) is 0 Å². The maximum Gasteiger partial charge on any atom is 0.122 e. The van der Waals surface area contributed by atoms with Gasteiger partial charge in [-0.2, -0.15) is 0 Å². The van der Waals surface area contributed by atoms with Gasteiger partial charge in [-0.1, -0.05) is 38.8 Å². The molecule has 0 N–H and O–H groups in total. The fourth-order valence-corrected chi connectivity index (χ4v) is 3.49. The van der Waals surface area contributed by atoms with Crippen molar-refractivity contribution in [3.63, 3.8) is 0 Å². The molecule has 1 aromatic carbocycles. The van der Waals surface area contributed by atoms with Gasteiger partial charge in [-0.25, -0.2) is 0 Å². The molecular formula is C16H23ClO. The lowest BCUT2D eigenvalue weighted by atomic mass is 9.79. The van der Waals surface area contributed by atoms with Crippen molar-refractivity contribution in [2.75, 3.05) is 13.0 Å². The van der Waals surface area contributed by atoms with Crippen LogP contribution in [0.25, 0.3) is 0 Å². The van der Waals surface area contributed by atoms with Gasteiger partial charge in [-0.05, 0) is 36.0 Å². The zero-order valence-electron chi connectivity index (χ0n) is 11.6. The third-order valence-corrected chi connectivity index (χ3v) is 4.79. The van der Waals surface area contributed by atoms with E-state index in [2.05, 4.69) is 32.0 Å². The van der Waals surface area contributed by atoms with Crippen molar-refractivity contribution >= 4 is 11.6 Å². The molecule has 0 aromatic heterocycles. The lowest BCUT2D eigenvalue weighted by Crippen LogP contribution is -2.24. The van der Waals surface area contributed by atoms with Gasteiger partial charge in [-0.3, -0.25) is 0 Å². The first-order valence-electron chi connectivity index (χ1n) is 6.87. The first kappa shape index (κ1) is 13.7. The van der Waals surface area contributed by atoms with Crippen LogP contribution in [0.1, 0.15) is 56.6 Å². The summed E-state index contributed by atoms with van der Waals surface area (Å²) in [5, 5.41) is 0. The Bertz CT molecular complexity index is 406. The zero-order chi connectivity index (χ0) is 13.2. The largest absolute Gasteiger partial charge is 0.496 e. The Morgan fingerprint density at radius 1 is 1.28 bits per heavy atom. The van der Waals surface area contributed by atoms with Crippen LogP contribution in [-0.2, 0) is 5.41 Å². The van der Waals surface area contributed by atoms with Crippen molar-refractivity contribution in [1.82, 2.24) is 0 Å². The maximum absolute atomic E-state index is 6.27. The number of halogens is 1. The van der Waals surface area contributed by atoms with Crippen LogP contribution < -0.4 is 4.74 Å². The minimum Gasteiger partial charge on any atom is -0.496 e. The summed E-state index contributed by atoms with van der Waals surface area (Å²) >= 11 is 6.27. The fourth-order valence-electron chi connectivity index (χ4n) is 3.07. The summed E-state index contributed by atoms with van der Waals surface area (Å²) in [5.74, 6) is 2.21. The second kappa shape index (κ2) is 5.52. The van der Waals surface area contributed by atoms with Gasteiger partial charge in [0.15, 0.2) is 0 Å². The summed E-state index contributed by atoms with van der Waals surface area (Å²) in [5.41, 5.74) is 2.91. The molecule has 100 valence electrons. The van der Waals surface area contributed by atoms with Crippen molar-refractivity contribution in [2.24, 2.45) is 0 Å². The lowest BCUT2D eigenvalue weighted by Gasteiger charge is -2.28. The Balaban J connectivity index is 2.42. The van der Waals surface area contributed by atoms with Crippen LogP contribution in [0.3, 0.4) is 0 Å². The van der Waals surface area contributed by atoms with Gasteiger partial charge in [0.05, 0.1) is 7.11 Å². The minimum absolute atomic E-state index is 0.206. The highest BCUT2D eigenvalue weighted by molar-refractivity contribution is 6.18. The van der Waals surface area contributed by atoms with Gasteiger partial charge in [0, 0.05) is 11.3 Å². The highest BCUT2D eigenvalue weighted by atomic mass is 35.5. The van der Waals surface area contributed by atoms with Gasteiger partial charge in [-0.15, -0.1) is 11.6 Å². The summed E-state index contributed by atoms with van der Waals surface area (Å²) in [6.45, 7) is 4.42. The first-order valence-corrected chi connectivity index (χ1v) is 7.41. The molecule has 1 aliphatic rings. The third-order valence-electron chi connectivity index (χ3n) is 4.28. The molecule has 1 fully saturated rings. The SMILES string of the molecule is COc1ccc(C2(CCl)CCCC2)cc1C(C)C. The van der Waals surface area contributed by atoms with Gasteiger partial charge in [0.1, 0.15) is 5.75 Å². The van der Waals surface area contributed by atoms with Crippen LogP contribution >= 0.6 is 11.6 Å². The van der Waals surface area contributed by atoms with E-state index in [0.29, 0.717) is 5.92 Å². The van der Waals surface area contributed by atoms with Gasteiger partial charge in [0.25, 0.3) is 0 Å². The predicted molar refractivity (Wildman–Crippen MR) is 77.9 cm³/mol. The third kappa shape index (κ3) is 2.38. The maximum atomic E-state index is 6.27. The molecule has 1 nitrogen and oxygen atoms in total. The van der Waals surface area contributed by atoms with Crippen LogP contribution in [-0.4, -0.2) is 13.0 Å². The highest BCUT2D eigenvalue weighted by Gasteiger charge is 2.35. The fraction of sp³-hybridized carbons (Fsp3) is 0.625. The minimum atomic E-state index is 0.206. The number of ether oxygens (including phenoxy) is 1. The summed E-state index contributed by atoms with van der Waals surface area (Å²) in [6, 6.07) is 6.63. The predicted octanol–water partition coefficient (Wildman–Crippen LogP) is 4.87. The van der Waals surface area contributed by atoms with Crippen molar-refractivity contribution in [3.8, 4) is 5.75 Å². The number of methoxy groups -OCH3 is 1. The van der Waals surface area contributed by atoms with E-state index in [-0.39, 0.29) is 5.41 Å². The Morgan fingerprint density at radius 2 is 1.94 bits per heavy atom. The summed E-state index contributed by atoms with van der Waals surface area (Å²) in [4.78, 5) is 0. The Labute approximate surface area is 115 Å². The quantitative estimate of drug-likeness (QED) is 0.707. The van der Waals surface area contributed by atoms with Crippen molar-refractivity contribution < 1.29 is 4.74 Å². The topological polar surface area (TPSA) is 9.23 Å². The smallest absolute Gasteiger partial charge is 0.122 e. The van der Waals surface area contributed by atoms with Crippen molar-refractivity contribution in [3.05, 3.63) is 29.3 Å². The molecule has 0 atom stereocenters. The van der Waals surface area contributed by atoms with E-state index in [1.54, 1.807) is 7.11 Å². The first-order chi connectivity index (χ1) is 8.63. The molecule has 0 aliphatic heterocycles. The average Bonchev–Trinajstić information content (AvgIpc) is 2.87. The molecule has 1 aliphatic carbocycles. The molecule has 0 unspecified atom stereocenters. The normalized spacial score (nSPS) is 18.3. The van der Waals surface area contributed by atoms with Crippen LogP contribution in [0.4, 0.5) is 0 Å². The van der Waals surface area contributed by atoms with E-state index in [1.807, 2.05) is 0 Å². The molecular weight excluding hydrogens is 244 g/mol. The molecule has 0 heterocycles.